The van der Waals surface area contributed by atoms with Gasteiger partial charge in [0.1, 0.15) is 4.47 Å². The standard InChI is InChI=1S/C10H16BrN3O/c1-7(2)6-13(3)8-5-12-14(4)10(15)9(8)11/h5,7H,6H2,1-4H3. The highest BCUT2D eigenvalue weighted by atomic mass is 79.9. The van der Waals surface area contributed by atoms with E-state index in [1.165, 1.54) is 4.68 Å². The van der Waals surface area contributed by atoms with Gasteiger partial charge in [0.15, 0.2) is 0 Å². The third-order valence-corrected chi connectivity index (χ3v) is 2.86. The zero-order valence-corrected chi connectivity index (χ0v) is 11.1. The maximum atomic E-state index is 11.6. The Morgan fingerprint density at radius 2 is 2.20 bits per heavy atom. The van der Waals surface area contributed by atoms with E-state index < -0.39 is 0 Å². The molecule has 0 unspecified atom stereocenters. The molecule has 1 aromatic heterocycles. The first-order valence-corrected chi connectivity index (χ1v) is 5.65. The molecule has 1 aromatic rings. The fourth-order valence-electron chi connectivity index (χ4n) is 1.41. The van der Waals surface area contributed by atoms with Crippen LogP contribution in [0.3, 0.4) is 0 Å². The number of halogens is 1. The van der Waals surface area contributed by atoms with Crippen molar-refractivity contribution in [2.45, 2.75) is 13.8 Å². The van der Waals surface area contributed by atoms with Crippen molar-refractivity contribution in [3.05, 3.63) is 21.0 Å². The molecule has 0 bridgehead atoms. The number of rotatable bonds is 3. The first-order chi connectivity index (χ1) is 6.93. The van der Waals surface area contributed by atoms with Crippen LogP contribution in [0.2, 0.25) is 0 Å². The SMILES string of the molecule is CC(C)CN(C)c1cnn(C)c(=O)c1Br. The fraction of sp³-hybridized carbons (Fsp3) is 0.600. The minimum absolute atomic E-state index is 0.108. The van der Waals surface area contributed by atoms with Crippen LogP contribution in [0, 0.1) is 5.92 Å². The minimum atomic E-state index is -0.108. The molecule has 0 saturated carbocycles. The smallest absolute Gasteiger partial charge is 0.282 e. The largest absolute Gasteiger partial charge is 0.372 e. The van der Waals surface area contributed by atoms with Crippen molar-refractivity contribution in [2.75, 3.05) is 18.5 Å². The van der Waals surface area contributed by atoms with Gasteiger partial charge in [0.05, 0.1) is 11.9 Å². The van der Waals surface area contributed by atoms with Crippen LogP contribution in [0.4, 0.5) is 5.69 Å². The van der Waals surface area contributed by atoms with Gasteiger partial charge in [0.25, 0.3) is 5.56 Å². The van der Waals surface area contributed by atoms with Crippen LogP contribution in [-0.4, -0.2) is 23.4 Å². The van der Waals surface area contributed by atoms with Gasteiger partial charge in [-0.05, 0) is 21.8 Å². The van der Waals surface area contributed by atoms with Crippen molar-refractivity contribution >= 4 is 21.6 Å². The molecule has 0 atom stereocenters. The van der Waals surface area contributed by atoms with E-state index in [1.54, 1.807) is 13.2 Å². The molecule has 0 fully saturated rings. The summed E-state index contributed by atoms with van der Waals surface area (Å²) < 4.78 is 1.89. The molecule has 84 valence electrons. The summed E-state index contributed by atoms with van der Waals surface area (Å²) in [5.74, 6) is 0.547. The van der Waals surface area contributed by atoms with E-state index in [-0.39, 0.29) is 5.56 Å². The van der Waals surface area contributed by atoms with Gasteiger partial charge in [-0.2, -0.15) is 5.10 Å². The van der Waals surface area contributed by atoms with Crippen molar-refractivity contribution in [3.8, 4) is 0 Å². The van der Waals surface area contributed by atoms with Crippen molar-refractivity contribution in [1.29, 1.82) is 0 Å². The molecule has 0 saturated heterocycles. The van der Waals surface area contributed by atoms with E-state index in [4.69, 9.17) is 0 Å². The van der Waals surface area contributed by atoms with Crippen LogP contribution in [0.15, 0.2) is 15.5 Å². The molecular weight excluding hydrogens is 258 g/mol. The van der Waals surface area contributed by atoms with E-state index in [0.29, 0.717) is 10.4 Å². The molecule has 1 heterocycles. The summed E-state index contributed by atoms with van der Waals surface area (Å²) in [5.41, 5.74) is 0.731. The lowest BCUT2D eigenvalue weighted by atomic mass is 10.2. The number of aromatic nitrogens is 2. The summed E-state index contributed by atoms with van der Waals surface area (Å²) in [4.78, 5) is 13.6. The number of aryl methyl sites for hydroxylation is 1. The Labute approximate surface area is 98.0 Å². The van der Waals surface area contributed by atoms with E-state index >= 15 is 0 Å². The van der Waals surface area contributed by atoms with Crippen molar-refractivity contribution in [2.24, 2.45) is 13.0 Å². The Bertz CT molecular complexity index is 400. The normalized spacial score (nSPS) is 10.8. The Balaban J connectivity index is 3.05. The monoisotopic (exact) mass is 273 g/mol. The molecule has 5 heteroatoms. The van der Waals surface area contributed by atoms with Crippen molar-refractivity contribution in [1.82, 2.24) is 9.78 Å². The van der Waals surface area contributed by atoms with Crippen molar-refractivity contribution < 1.29 is 0 Å². The summed E-state index contributed by atoms with van der Waals surface area (Å²) in [6.45, 7) is 5.17. The first kappa shape index (κ1) is 12.2. The lowest BCUT2D eigenvalue weighted by Gasteiger charge is -2.22. The van der Waals surface area contributed by atoms with Crippen LogP contribution >= 0.6 is 15.9 Å². The van der Waals surface area contributed by atoms with Crippen LogP contribution in [-0.2, 0) is 7.05 Å². The second kappa shape index (κ2) is 4.79. The molecule has 0 aliphatic rings. The molecule has 4 nitrogen and oxygen atoms in total. The molecule has 15 heavy (non-hydrogen) atoms. The van der Waals surface area contributed by atoms with E-state index in [2.05, 4.69) is 34.9 Å². The third-order valence-electron chi connectivity index (χ3n) is 2.11. The molecular formula is C10H16BrN3O. The van der Waals surface area contributed by atoms with Gasteiger partial charge >= 0.3 is 0 Å². The summed E-state index contributed by atoms with van der Waals surface area (Å²) in [6.07, 6.45) is 1.70. The van der Waals surface area contributed by atoms with Gasteiger partial charge in [0, 0.05) is 20.6 Å². The van der Waals surface area contributed by atoms with E-state index in [0.717, 1.165) is 12.2 Å². The Hall–Kier alpha value is -0.840. The zero-order valence-electron chi connectivity index (χ0n) is 9.49. The molecule has 0 N–H and O–H groups in total. The third kappa shape index (κ3) is 2.81. The first-order valence-electron chi connectivity index (χ1n) is 4.86. The average molecular weight is 274 g/mol. The maximum Gasteiger partial charge on any atom is 0.282 e. The Morgan fingerprint density at radius 3 is 2.73 bits per heavy atom. The number of anilines is 1. The highest BCUT2D eigenvalue weighted by Crippen LogP contribution is 2.20. The molecule has 0 aliphatic carbocycles. The number of nitrogens with zero attached hydrogens (tertiary/aromatic N) is 3. The van der Waals surface area contributed by atoms with Crippen LogP contribution < -0.4 is 10.5 Å². The van der Waals surface area contributed by atoms with Gasteiger partial charge in [-0.1, -0.05) is 13.8 Å². The molecule has 0 aliphatic heterocycles. The summed E-state index contributed by atoms with van der Waals surface area (Å²) in [5, 5.41) is 4.00. The summed E-state index contributed by atoms with van der Waals surface area (Å²) >= 11 is 3.31. The van der Waals surface area contributed by atoms with Crippen LogP contribution in [0.25, 0.3) is 0 Å². The lowest BCUT2D eigenvalue weighted by Crippen LogP contribution is -2.28. The topological polar surface area (TPSA) is 38.1 Å². The second-order valence-corrected chi connectivity index (χ2v) is 4.84. The predicted molar refractivity (Wildman–Crippen MR) is 65.3 cm³/mol. The molecule has 0 amide bonds. The van der Waals surface area contributed by atoms with Gasteiger partial charge < -0.3 is 4.90 Å². The molecule has 0 aromatic carbocycles. The highest BCUT2D eigenvalue weighted by Gasteiger charge is 2.11. The van der Waals surface area contributed by atoms with Crippen LogP contribution in [0.5, 0.6) is 0 Å². The summed E-state index contributed by atoms with van der Waals surface area (Å²) in [7, 11) is 3.60. The molecule has 1 rings (SSSR count). The predicted octanol–water partition coefficient (Wildman–Crippen LogP) is 1.64. The fourth-order valence-corrected chi connectivity index (χ4v) is 2.08. The quantitative estimate of drug-likeness (QED) is 0.841. The maximum absolute atomic E-state index is 11.6. The molecule has 0 spiro atoms. The zero-order chi connectivity index (χ0) is 11.6. The second-order valence-electron chi connectivity index (χ2n) is 4.05. The van der Waals surface area contributed by atoms with Gasteiger partial charge in [-0.15, -0.1) is 0 Å². The van der Waals surface area contributed by atoms with E-state index in [9.17, 15) is 4.79 Å². The molecule has 0 radical (unpaired) electrons. The van der Waals surface area contributed by atoms with Crippen molar-refractivity contribution in [3.63, 3.8) is 0 Å². The minimum Gasteiger partial charge on any atom is -0.372 e. The number of hydrogen-bond donors (Lipinski definition) is 0. The Kier molecular flexibility index (Phi) is 3.90. The van der Waals surface area contributed by atoms with E-state index in [1.807, 2.05) is 11.9 Å². The Morgan fingerprint density at radius 1 is 1.60 bits per heavy atom. The van der Waals surface area contributed by atoms with Gasteiger partial charge in [-0.25, -0.2) is 4.68 Å². The highest BCUT2D eigenvalue weighted by molar-refractivity contribution is 9.10. The summed E-state index contributed by atoms with van der Waals surface area (Å²) in [6, 6.07) is 0. The average Bonchev–Trinajstić information content (AvgIpc) is 2.13. The number of hydrogen-bond acceptors (Lipinski definition) is 3. The van der Waals surface area contributed by atoms with Gasteiger partial charge in [0.2, 0.25) is 0 Å². The lowest BCUT2D eigenvalue weighted by molar-refractivity contribution is 0.631. The van der Waals surface area contributed by atoms with Crippen LogP contribution in [0.1, 0.15) is 13.8 Å². The van der Waals surface area contributed by atoms with Gasteiger partial charge in [-0.3, -0.25) is 4.79 Å².